The molecule has 0 bridgehead atoms. The highest BCUT2D eigenvalue weighted by Crippen LogP contribution is 2.24. The summed E-state index contributed by atoms with van der Waals surface area (Å²) in [7, 11) is 0. The Labute approximate surface area is 133 Å². The van der Waals surface area contributed by atoms with Gasteiger partial charge in [-0.1, -0.05) is 31.5 Å². The van der Waals surface area contributed by atoms with Crippen LogP contribution in [0.25, 0.3) is 0 Å². The fourth-order valence-electron chi connectivity index (χ4n) is 2.30. The van der Waals surface area contributed by atoms with Crippen LogP contribution < -0.4 is 10.2 Å². The maximum absolute atomic E-state index is 5.88. The lowest BCUT2D eigenvalue weighted by atomic mass is 10.1. The predicted molar refractivity (Wildman–Crippen MR) is 94.0 cm³/mol. The number of anilines is 1. The summed E-state index contributed by atoms with van der Waals surface area (Å²) in [6, 6.07) is 14.1. The second-order valence-corrected chi connectivity index (χ2v) is 5.42. The molecular formula is C19H24N2O. The predicted octanol–water partition coefficient (Wildman–Crippen LogP) is 4.93. The molecule has 0 saturated heterocycles. The Hall–Kier alpha value is -2.29. The lowest BCUT2D eigenvalue weighted by molar-refractivity contribution is 0.305. The smallest absolute Gasteiger partial charge is 0.125 e. The van der Waals surface area contributed by atoms with Gasteiger partial charge in [0, 0.05) is 0 Å². The molecule has 0 amide bonds. The summed E-state index contributed by atoms with van der Waals surface area (Å²) in [6.07, 6.45) is 4.07. The van der Waals surface area contributed by atoms with Crippen LogP contribution in [0.4, 0.5) is 5.69 Å². The van der Waals surface area contributed by atoms with E-state index in [0.29, 0.717) is 0 Å². The molecule has 0 fully saturated rings. The Kier molecular flexibility index (Phi) is 6.01. The molecule has 0 spiro atoms. The first kappa shape index (κ1) is 16.1. The van der Waals surface area contributed by atoms with E-state index in [2.05, 4.69) is 43.4 Å². The number of hydrazone groups is 1. The van der Waals surface area contributed by atoms with E-state index in [1.807, 2.05) is 36.5 Å². The Morgan fingerprint density at radius 1 is 1.09 bits per heavy atom. The quantitative estimate of drug-likeness (QED) is 0.446. The minimum absolute atomic E-state index is 0.779. The average Bonchev–Trinajstić information content (AvgIpc) is 2.51. The van der Waals surface area contributed by atoms with E-state index in [0.717, 1.165) is 47.6 Å². The molecule has 0 aliphatic heterocycles. The minimum atomic E-state index is 0.779. The number of aryl methyl sites for hydroxylation is 2. The third-order valence-electron chi connectivity index (χ3n) is 3.41. The molecule has 3 heteroatoms. The summed E-state index contributed by atoms with van der Waals surface area (Å²) in [5.41, 5.74) is 7.38. The van der Waals surface area contributed by atoms with E-state index < -0.39 is 0 Å². The number of unbranched alkanes of at least 4 members (excludes halogenated alkanes) is 1. The largest absolute Gasteiger partial charge is 0.493 e. The zero-order chi connectivity index (χ0) is 15.8. The first-order valence-corrected chi connectivity index (χ1v) is 7.79. The molecule has 3 nitrogen and oxygen atoms in total. The van der Waals surface area contributed by atoms with Crippen LogP contribution >= 0.6 is 0 Å². The molecular weight excluding hydrogens is 272 g/mol. The van der Waals surface area contributed by atoms with Gasteiger partial charge in [0.05, 0.1) is 18.5 Å². The van der Waals surface area contributed by atoms with Gasteiger partial charge in [0.2, 0.25) is 0 Å². The van der Waals surface area contributed by atoms with Gasteiger partial charge < -0.3 is 4.74 Å². The number of rotatable bonds is 7. The highest BCUT2D eigenvalue weighted by molar-refractivity contribution is 5.81. The number of hydrogen-bond donors (Lipinski definition) is 1. The van der Waals surface area contributed by atoms with Gasteiger partial charge in [-0.15, -0.1) is 0 Å². The molecule has 0 aliphatic carbocycles. The minimum Gasteiger partial charge on any atom is -0.493 e. The van der Waals surface area contributed by atoms with E-state index in [1.54, 1.807) is 0 Å². The van der Waals surface area contributed by atoms with Crippen molar-refractivity contribution >= 4 is 11.9 Å². The number of para-hydroxylation sites is 1. The highest BCUT2D eigenvalue weighted by Gasteiger charge is 2.05. The molecule has 0 aliphatic rings. The number of hydrogen-bond acceptors (Lipinski definition) is 3. The van der Waals surface area contributed by atoms with Crippen molar-refractivity contribution in [2.45, 2.75) is 33.6 Å². The van der Waals surface area contributed by atoms with Crippen molar-refractivity contribution in [3.63, 3.8) is 0 Å². The Morgan fingerprint density at radius 2 is 1.77 bits per heavy atom. The van der Waals surface area contributed by atoms with Crippen molar-refractivity contribution in [3.8, 4) is 5.75 Å². The Bertz CT molecular complexity index is 598. The topological polar surface area (TPSA) is 33.6 Å². The maximum atomic E-state index is 5.88. The summed E-state index contributed by atoms with van der Waals surface area (Å²) < 4.78 is 5.88. The van der Waals surface area contributed by atoms with Crippen molar-refractivity contribution in [2.24, 2.45) is 5.10 Å². The van der Waals surface area contributed by atoms with Gasteiger partial charge in [-0.25, -0.2) is 0 Å². The van der Waals surface area contributed by atoms with Crippen molar-refractivity contribution < 1.29 is 4.74 Å². The van der Waals surface area contributed by atoms with Crippen molar-refractivity contribution in [2.75, 3.05) is 12.0 Å². The van der Waals surface area contributed by atoms with E-state index in [-0.39, 0.29) is 0 Å². The molecule has 2 aromatic carbocycles. The molecule has 0 aromatic heterocycles. The highest BCUT2D eigenvalue weighted by atomic mass is 16.5. The van der Waals surface area contributed by atoms with Gasteiger partial charge in [0.1, 0.15) is 5.75 Å². The number of ether oxygens (including phenoxy) is 1. The lowest BCUT2D eigenvalue weighted by Crippen LogP contribution is -2.01. The standard InChI is InChI=1S/C19H24N2O/c1-4-5-11-22-19-15(2)12-17(13-16(19)3)14-20-21-18-9-7-6-8-10-18/h6-10,12-14,21H,4-5,11H2,1-3H3. The van der Waals surface area contributed by atoms with Crippen molar-refractivity contribution in [3.05, 3.63) is 59.2 Å². The SMILES string of the molecule is CCCCOc1c(C)cc(C=NNc2ccccc2)cc1C. The normalized spacial score (nSPS) is 10.9. The molecule has 22 heavy (non-hydrogen) atoms. The van der Waals surface area contributed by atoms with E-state index in [4.69, 9.17) is 4.74 Å². The molecule has 0 radical (unpaired) electrons. The van der Waals surface area contributed by atoms with E-state index in [9.17, 15) is 0 Å². The average molecular weight is 296 g/mol. The second kappa shape index (κ2) is 8.23. The molecule has 0 atom stereocenters. The maximum Gasteiger partial charge on any atom is 0.125 e. The summed E-state index contributed by atoms with van der Waals surface area (Å²) >= 11 is 0. The number of nitrogens with one attached hydrogen (secondary N) is 1. The zero-order valence-corrected chi connectivity index (χ0v) is 13.6. The fourth-order valence-corrected chi connectivity index (χ4v) is 2.30. The molecule has 2 rings (SSSR count). The molecule has 116 valence electrons. The van der Waals surface area contributed by atoms with Crippen LogP contribution in [0.5, 0.6) is 5.75 Å². The summed E-state index contributed by atoms with van der Waals surface area (Å²) in [5.74, 6) is 1.00. The summed E-state index contributed by atoms with van der Waals surface area (Å²) in [5, 5.41) is 4.28. The first-order valence-electron chi connectivity index (χ1n) is 7.79. The molecule has 0 heterocycles. The van der Waals surface area contributed by atoms with Crippen LogP contribution in [0.2, 0.25) is 0 Å². The molecule has 1 N–H and O–H groups in total. The van der Waals surface area contributed by atoms with Gasteiger partial charge in [-0.3, -0.25) is 5.43 Å². The summed E-state index contributed by atoms with van der Waals surface area (Å²) in [6.45, 7) is 7.11. The third kappa shape index (κ3) is 4.62. The zero-order valence-electron chi connectivity index (χ0n) is 13.6. The van der Waals surface area contributed by atoms with Crippen LogP contribution in [-0.4, -0.2) is 12.8 Å². The van der Waals surface area contributed by atoms with Crippen LogP contribution in [0.3, 0.4) is 0 Å². The van der Waals surface area contributed by atoms with E-state index >= 15 is 0 Å². The monoisotopic (exact) mass is 296 g/mol. The Balaban J connectivity index is 2.03. The van der Waals surface area contributed by atoms with Crippen LogP contribution in [-0.2, 0) is 0 Å². The summed E-state index contributed by atoms with van der Waals surface area (Å²) in [4.78, 5) is 0. The van der Waals surface area contributed by atoms with E-state index in [1.165, 1.54) is 0 Å². The number of nitrogens with zero attached hydrogens (tertiary/aromatic N) is 1. The fraction of sp³-hybridized carbons (Fsp3) is 0.316. The van der Waals surface area contributed by atoms with Gasteiger partial charge >= 0.3 is 0 Å². The van der Waals surface area contributed by atoms with Crippen LogP contribution in [0, 0.1) is 13.8 Å². The van der Waals surface area contributed by atoms with Gasteiger partial charge in [0.15, 0.2) is 0 Å². The van der Waals surface area contributed by atoms with Crippen molar-refractivity contribution in [1.82, 2.24) is 0 Å². The molecule has 2 aromatic rings. The number of benzene rings is 2. The van der Waals surface area contributed by atoms with Crippen LogP contribution in [0.1, 0.15) is 36.5 Å². The molecule has 0 saturated carbocycles. The Morgan fingerprint density at radius 3 is 2.41 bits per heavy atom. The molecule has 0 unspecified atom stereocenters. The van der Waals surface area contributed by atoms with Crippen molar-refractivity contribution in [1.29, 1.82) is 0 Å². The van der Waals surface area contributed by atoms with Gasteiger partial charge in [0.25, 0.3) is 0 Å². The first-order chi connectivity index (χ1) is 10.7. The second-order valence-electron chi connectivity index (χ2n) is 5.42. The third-order valence-corrected chi connectivity index (χ3v) is 3.41. The lowest BCUT2D eigenvalue weighted by Gasteiger charge is -2.12. The van der Waals surface area contributed by atoms with Gasteiger partial charge in [-0.2, -0.15) is 5.10 Å². The van der Waals surface area contributed by atoms with Crippen LogP contribution in [0.15, 0.2) is 47.6 Å². The van der Waals surface area contributed by atoms with Gasteiger partial charge in [-0.05, 0) is 61.2 Å².